The summed E-state index contributed by atoms with van der Waals surface area (Å²) < 4.78 is 2.60. The SMILES string of the molecule is C=C1/C=C(c2ccc(Nc3cccc4ccccc34)c(-c3ccc4sc5ccccc5c4c3)c2)\C=C/N(c2cccc(-c3ccccc3)c2)c2ccccc21. The van der Waals surface area contributed by atoms with Gasteiger partial charge >= 0.3 is 0 Å². The minimum absolute atomic E-state index is 0.963. The van der Waals surface area contributed by atoms with E-state index in [9.17, 15) is 0 Å². The van der Waals surface area contributed by atoms with Crippen LogP contribution in [0.4, 0.5) is 22.7 Å². The first-order chi connectivity index (χ1) is 27.2. The molecule has 8 aromatic carbocycles. The Morgan fingerprint density at radius 1 is 0.473 bits per heavy atom. The van der Waals surface area contributed by atoms with Gasteiger partial charge in [-0.3, -0.25) is 0 Å². The van der Waals surface area contributed by atoms with Crippen LogP contribution in [-0.2, 0) is 0 Å². The second-order valence-electron chi connectivity index (χ2n) is 14.0. The maximum absolute atomic E-state index is 4.62. The molecule has 0 saturated heterocycles. The molecule has 10 rings (SSSR count). The quantitative estimate of drug-likeness (QED) is 0.184. The third-order valence-electron chi connectivity index (χ3n) is 10.6. The van der Waals surface area contributed by atoms with Crippen LogP contribution >= 0.6 is 11.3 Å². The van der Waals surface area contributed by atoms with E-state index in [4.69, 9.17) is 0 Å². The molecule has 1 N–H and O–H groups in total. The molecule has 0 aliphatic carbocycles. The van der Waals surface area contributed by atoms with Crippen molar-refractivity contribution < 1.29 is 0 Å². The number of allylic oxidation sites excluding steroid dienone is 4. The summed E-state index contributed by atoms with van der Waals surface area (Å²) in [5, 5.41) is 8.83. The molecule has 1 aliphatic heterocycles. The minimum Gasteiger partial charge on any atom is -0.355 e. The van der Waals surface area contributed by atoms with Gasteiger partial charge < -0.3 is 10.2 Å². The summed E-state index contributed by atoms with van der Waals surface area (Å²) in [6.07, 6.45) is 6.65. The van der Waals surface area contributed by atoms with Crippen molar-refractivity contribution in [1.29, 1.82) is 0 Å². The number of hydrogen-bond acceptors (Lipinski definition) is 3. The average molecular weight is 721 g/mol. The van der Waals surface area contributed by atoms with E-state index in [0.717, 1.165) is 50.6 Å². The Morgan fingerprint density at radius 3 is 2.13 bits per heavy atom. The molecule has 0 atom stereocenters. The van der Waals surface area contributed by atoms with Crippen molar-refractivity contribution in [2.45, 2.75) is 0 Å². The zero-order valence-corrected chi connectivity index (χ0v) is 30.9. The number of hydrogen-bond donors (Lipinski definition) is 1. The molecule has 1 aliphatic rings. The van der Waals surface area contributed by atoms with E-state index in [2.05, 4.69) is 217 Å². The van der Waals surface area contributed by atoms with Gasteiger partial charge in [-0.15, -0.1) is 11.3 Å². The molecule has 0 fully saturated rings. The van der Waals surface area contributed by atoms with Crippen molar-refractivity contribution in [1.82, 2.24) is 0 Å². The van der Waals surface area contributed by atoms with Gasteiger partial charge in [0.15, 0.2) is 0 Å². The Bertz CT molecular complexity index is 2980. The van der Waals surface area contributed by atoms with Gasteiger partial charge in [0, 0.05) is 59.9 Å². The first-order valence-corrected chi connectivity index (χ1v) is 19.4. The van der Waals surface area contributed by atoms with E-state index in [1.165, 1.54) is 47.6 Å². The Labute approximate surface area is 325 Å². The van der Waals surface area contributed by atoms with Crippen LogP contribution in [0.25, 0.3) is 64.3 Å². The van der Waals surface area contributed by atoms with E-state index in [0.29, 0.717) is 0 Å². The van der Waals surface area contributed by atoms with Gasteiger partial charge in [0.25, 0.3) is 0 Å². The standard InChI is InChI=1S/C52H36N2S/c1-35-31-40(29-30-54(50-23-9-7-19-43(35)50)42-18-11-17-38(32-42)36-13-3-2-4-14-36)39-25-27-49(53-48-22-12-16-37-15-5-6-20-44(37)48)46(33-39)41-26-28-52-47(34-41)45-21-8-10-24-51(45)55-52/h2-34,53H,1H2/b30-29-,40-31+. The smallest absolute Gasteiger partial charge is 0.0533 e. The molecule has 9 aromatic rings. The molecule has 1 aromatic heterocycles. The molecule has 0 unspecified atom stereocenters. The second-order valence-corrected chi connectivity index (χ2v) is 15.0. The Hall–Kier alpha value is -6.94. The Morgan fingerprint density at radius 2 is 1.20 bits per heavy atom. The second kappa shape index (κ2) is 13.8. The minimum atomic E-state index is 0.963. The van der Waals surface area contributed by atoms with Gasteiger partial charge in [-0.2, -0.15) is 0 Å². The highest BCUT2D eigenvalue weighted by Gasteiger charge is 2.18. The van der Waals surface area contributed by atoms with E-state index < -0.39 is 0 Å². The predicted octanol–water partition coefficient (Wildman–Crippen LogP) is 15.0. The zero-order valence-electron chi connectivity index (χ0n) is 30.1. The van der Waals surface area contributed by atoms with Gasteiger partial charge in [-0.1, -0.05) is 134 Å². The van der Waals surface area contributed by atoms with Crippen LogP contribution in [0.15, 0.2) is 207 Å². The first-order valence-electron chi connectivity index (χ1n) is 18.6. The van der Waals surface area contributed by atoms with Gasteiger partial charge in [0.2, 0.25) is 0 Å². The average Bonchev–Trinajstić information content (AvgIpc) is 3.61. The van der Waals surface area contributed by atoms with Crippen LogP contribution in [0, 0.1) is 0 Å². The summed E-state index contributed by atoms with van der Waals surface area (Å²) in [6.45, 7) is 4.62. The van der Waals surface area contributed by atoms with E-state index in [-0.39, 0.29) is 0 Å². The number of benzene rings is 8. The van der Waals surface area contributed by atoms with E-state index in [1.54, 1.807) is 0 Å². The van der Waals surface area contributed by atoms with Crippen LogP contribution < -0.4 is 10.2 Å². The Kier molecular flexibility index (Phi) is 8.20. The zero-order chi connectivity index (χ0) is 36.7. The van der Waals surface area contributed by atoms with E-state index >= 15 is 0 Å². The monoisotopic (exact) mass is 720 g/mol. The maximum Gasteiger partial charge on any atom is 0.0533 e. The molecule has 0 amide bonds. The van der Waals surface area contributed by atoms with Crippen molar-refractivity contribution in [2.75, 3.05) is 10.2 Å². The molecular formula is C52H36N2S. The van der Waals surface area contributed by atoms with Crippen LogP contribution in [-0.4, -0.2) is 0 Å². The van der Waals surface area contributed by atoms with Crippen molar-refractivity contribution in [2.24, 2.45) is 0 Å². The maximum atomic E-state index is 4.62. The lowest BCUT2D eigenvalue weighted by Gasteiger charge is -2.26. The molecule has 0 spiro atoms. The molecule has 3 heteroatoms. The molecule has 55 heavy (non-hydrogen) atoms. The molecule has 2 nitrogen and oxygen atoms in total. The summed E-state index contributed by atoms with van der Waals surface area (Å²) in [7, 11) is 0. The van der Waals surface area contributed by atoms with Gasteiger partial charge in [-0.05, 0) is 106 Å². The summed E-state index contributed by atoms with van der Waals surface area (Å²) in [5.41, 5.74) is 13.2. The van der Waals surface area contributed by atoms with Crippen LogP contribution in [0.2, 0.25) is 0 Å². The number of rotatable bonds is 6. The normalized spacial score (nSPS) is 14.3. The van der Waals surface area contributed by atoms with Crippen LogP contribution in [0.3, 0.4) is 0 Å². The van der Waals surface area contributed by atoms with Gasteiger partial charge in [-0.25, -0.2) is 0 Å². The third kappa shape index (κ3) is 6.11. The fraction of sp³-hybridized carbons (Fsp3) is 0. The Balaban J connectivity index is 1.12. The molecule has 2 heterocycles. The lowest BCUT2D eigenvalue weighted by Crippen LogP contribution is -2.12. The number of thiophene rings is 1. The van der Waals surface area contributed by atoms with Crippen LogP contribution in [0.5, 0.6) is 0 Å². The summed E-state index contributed by atoms with van der Waals surface area (Å²) in [6, 6.07) is 65.3. The topological polar surface area (TPSA) is 15.3 Å². The fourth-order valence-corrected chi connectivity index (χ4v) is 8.91. The highest BCUT2D eigenvalue weighted by molar-refractivity contribution is 7.25. The predicted molar refractivity (Wildman–Crippen MR) is 239 cm³/mol. The largest absolute Gasteiger partial charge is 0.355 e. The number of nitrogens with zero attached hydrogens (tertiary/aromatic N) is 1. The summed E-state index contributed by atoms with van der Waals surface area (Å²) >= 11 is 1.85. The molecule has 0 radical (unpaired) electrons. The van der Waals surface area contributed by atoms with Crippen molar-refractivity contribution in [3.8, 4) is 22.3 Å². The number of para-hydroxylation sites is 1. The fourth-order valence-electron chi connectivity index (χ4n) is 7.82. The van der Waals surface area contributed by atoms with Gasteiger partial charge in [0.1, 0.15) is 0 Å². The van der Waals surface area contributed by atoms with Crippen molar-refractivity contribution in [3.63, 3.8) is 0 Å². The highest BCUT2D eigenvalue weighted by Crippen LogP contribution is 2.42. The molecular weight excluding hydrogens is 685 g/mol. The number of nitrogens with one attached hydrogen (secondary N) is 1. The lowest BCUT2D eigenvalue weighted by molar-refractivity contribution is 1.27. The summed E-state index contributed by atoms with van der Waals surface area (Å²) in [5.74, 6) is 0. The number of anilines is 4. The molecule has 260 valence electrons. The summed E-state index contributed by atoms with van der Waals surface area (Å²) in [4.78, 5) is 2.28. The third-order valence-corrected chi connectivity index (χ3v) is 11.7. The molecule has 0 saturated carbocycles. The van der Waals surface area contributed by atoms with E-state index in [1.807, 2.05) is 11.3 Å². The van der Waals surface area contributed by atoms with Crippen molar-refractivity contribution >= 4 is 76.2 Å². The lowest BCUT2D eigenvalue weighted by atomic mass is 9.93. The van der Waals surface area contributed by atoms with Crippen molar-refractivity contribution in [3.05, 3.63) is 218 Å². The highest BCUT2D eigenvalue weighted by atomic mass is 32.1. The molecule has 0 bridgehead atoms. The first kappa shape index (κ1) is 32.7. The number of fused-ring (bicyclic) bond motifs is 5. The van der Waals surface area contributed by atoms with Crippen LogP contribution in [0.1, 0.15) is 11.1 Å². The van der Waals surface area contributed by atoms with Gasteiger partial charge in [0.05, 0.1) is 5.69 Å².